The Hall–Kier alpha value is -1.95. The molecule has 1 atom stereocenters. The zero-order valence-electron chi connectivity index (χ0n) is 15.2. The van der Waals surface area contributed by atoms with Crippen molar-refractivity contribution >= 4 is 11.6 Å². The quantitative estimate of drug-likeness (QED) is 0.622. The number of hydrogen-bond donors (Lipinski definition) is 2. The fraction of sp³-hybridized carbons (Fsp3) is 0.588. The van der Waals surface area contributed by atoms with Crippen LogP contribution in [-0.4, -0.2) is 47.0 Å². The van der Waals surface area contributed by atoms with Crippen molar-refractivity contribution in [1.82, 2.24) is 5.32 Å². The molecule has 1 aromatic carbocycles. The van der Waals surface area contributed by atoms with E-state index in [9.17, 15) is 0 Å². The van der Waals surface area contributed by atoms with Gasteiger partial charge in [-0.1, -0.05) is 20.8 Å². The molecule has 1 unspecified atom stereocenters. The Balaban J connectivity index is 2.74. The first-order chi connectivity index (χ1) is 10.8. The van der Waals surface area contributed by atoms with Gasteiger partial charge in [-0.05, 0) is 17.5 Å². The van der Waals surface area contributed by atoms with Crippen LogP contribution in [0.15, 0.2) is 23.2 Å². The minimum atomic E-state index is 0.0456. The molecule has 0 aliphatic heterocycles. The highest BCUT2D eigenvalue weighted by atomic mass is 16.5. The summed E-state index contributed by atoms with van der Waals surface area (Å²) in [6.45, 7) is 7.10. The first kappa shape index (κ1) is 19.1. The molecule has 0 aromatic heterocycles. The van der Waals surface area contributed by atoms with Gasteiger partial charge >= 0.3 is 0 Å². The molecular formula is C17H29N3O3. The third-order valence-electron chi connectivity index (χ3n) is 3.58. The Morgan fingerprint density at radius 2 is 1.78 bits per heavy atom. The van der Waals surface area contributed by atoms with Gasteiger partial charge in [-0.2, -0.15) is 0 Å². The maximum absolute atomic E-state index is 5.54. The predicted octanol–water partition coefficient (Wildman–Crippen LogP) is 2.75. The second-order valence-corrected chi connectivity index (χ2v) is 6.24. The van der Waals surface area contributed by atoms with E-state index in [0.29, 0.717) is 24.0 Å². The molecule has 6 nitrogen and oxygen atoms in total. The van der Waals surface area contributed by atoms with Crippen LogP contribution < -0.4 is 20.1 Å². The van der Waals surface area contributed by atoms with E-state index >= 15 is 0 Å². The summed E-state index contributed by atoms with van der Waals surface area (Å²) >= 11 is 0. The van der Waals surface area contributed by atoms with Crippen molar-refractivity contribution in [1.29, 1.82) is 0 Å². The highest BCUT2D eigenvalue weighted by Crippen LogP contribution is 2.29. The van der Waals surface area contributed by atoms with E-state index in [2.05, 4.69) is 36.4 Å². The molecule has 0 saturated carbocycles. The smallest absolute Gasteiger partial charge is 0.195 e. The molecule has 0 bridgehead atoms. The molecule has 0 aliphatic carbocycles. The van der Waals surface area contributed by atoms with Crippen molar-refractivity contribution in [2.24, 2.45) is 10.4 Å². The van der Waals surface area contributed by atoms with Crippen molar-refractivity contribution in [3.63, 3.8) is 0 Å². The Morgan fingerprint density at radius 1 is 1.13 bits per heavy atom. The van der Waals surface area contributed by atoms with Gasteiger partial charge in [0.2, 0.25) is 0 Å². The number of nitrogens with one attached hydrogen (secondary N) is 2. The van der Waals surface area contributed by atoms with E-state index in [1.165, 1.54) is 0 Å². The number of methoxy groups -OCH3 is 3. The topological polar surface area (TPSA) is 64.1 Å². The molecule has 1 aromatic rings. The molecule has 1 rings (SSSR count). The number of aliphatic imine (C=N–C) groups is 1. The van der Waals surface area contributed by atoms with E-state index in [-0.39, 0.29) is 11.5 Å². The van der Waals surface area contributed by atoms with Gasteiger partial charge in [-0.25, -0.2) is 0 Å². The molecule has 130 valence electrons. The fourth-order valence-corrected chi connectivity index (χ4v) is 2.16. The van der Waals surface area contributed by atoms with Crippen LogP contribution >= 0.6 is 0 Å². The summed E-state index contributed by atoms with van der Waals surface area (Å²) in [7, 11) is 6.68. The SMILES string of the molecule is CN=C(NCC(OC)C(C)(C)C)Nc1ccc(OC)c(OC)c1. The number of benzene rings is 1. The Kier molecular flexibility index (Phi) is 7.16. The van der Waals surface area contributed by atoms with E-state index in [1.54, 1.807) is 28.4 Å². The third-order valence-corrected chi connectivity index (χ3v) is 3.58. The third kappa shape index (κ3) is 5.63. The van der Waals surface area contributed by atoms with Crippen LogP contribution in [0.5, 0.6) is 11.5 Å². The summed E-state index contributed by atoms with van der Waals surface area (Å²) in [5.41, 5.74) is 0.907. The molecule has 0 radical (unpaired) electrons. The molecular weight excluding hydrogens is 294 g/mol. The van der Waals surface area contributed by atoms with Gasteiger partial charge in [-0.3, -0.25) is 4.99 Å². The summed E-state index contributed by atoms with van der Waals surface area (Å²) in [6.07, 6.45) is 0.0754. The van der Waals surface area contributed by atoms with Gasteiger partial charge in [-0.15, -0.1) is 0 Å². The maximum Gasteiger partial charge on any atom is 0.195 e. The highest BCUT2D eigenvalue weighted by molar-refractivity contribution is 5.93. The van der Waals surface area contributed by atoms with Crippen molar-refractivity contribution in [3.05, 3.63) is 18.2 Å². The minimum Gasteiger partial charge on any atom is -0.493 e. The second kappa shape index (κ2) is 8.62. The lowest BCUT2D eigenvalue weighted by molar-refractivity contribution is 0.0206. The molecule has 0 aliphatic rings. The largest absolute Gasteiger partial charge is 0.493 e. The van der Waals surface area contributed by atoms with Crippen LogP contribution in [0.3, 0.4) is 0 Å². The van der Waals surface area contributed by atoms with Crippen molar-refractivity contribution in [2.75, 3.05) is 40.2 Å². The molecule has 23 heavy (non-hydrogen) atoms. The van der Waals surface area contributed by atoms with Gasteiger partial charge in [0.25, 0.3) is 0 Å². The standard InChI is InChI=1S/C17H29N3O3/c1-17(2,3)15(23-7)11-19-16(18-4)20-12-8-9-13(21-5)14(10-12)22-6/h8-10,15H,11H2,1-7H3,(H2,18,19,20). The van der Waals surface area contributed by atoms with E-state index in [0.717, 1.165) is 5.69 Å². The zero-order chi connectivity index (χ0) is 17.5. The Labute approximate surface area is 139 Å². The average Bonchev–Trinajstić information content (AvgIpc) is 2.52. The summed E-state index contributed by atoms with van der Waals surface area (Å²) in [5, 5.41) is 6.52. The van der Waals surface area contributed by atoms with Crippen LogP contribution in [0, 0.1) is 5.41 Å². The number of hydrogen-bond acceptors (Lipinski definition) is 4. The summed E-state index contributed by atoms with van der Waals surface area (Å²) in [6, 6.07) is 5.62. The van der Waals surface area contributed by atoms with Gasteiger partial charge in [0.1, 0.15) is 0 Å². The number of rotatable bonds is 6. The van der Waals surface area contributed by atoms with Crippen molar-refractivity contribution in [2.45, 2.75) is 26.9 Å². The first-order valence-corrected chi connectivity index (χ1v) is 7.58. The normalized spacial score (nSPS) is 13.4. The van der Waals surface area contributed by atoms with Crippen molar-refractivity contribution in [3.8, 4) is 11.5 Å². The number of guanidine groups is 1. The number of ether oxygens (including phenoxy) is 3. The fourth-order valence-electron chi connectivity index (χ4n) is 2.16. The van der Waals surface area contributed by atoms with Crippen LogP contribution in [0.25, 0.3) is 0 Å². The van der Waals surface area contributed by atoms with Gasteiger partial charge in [0.05, 0.1) is 20.3 Å². The van der Waals surface area contributed by atoms with E-state index in [1.807, 2.05) is 18.2 Å². The minimum absolute atomic E-state index is 0.0456. The monoisotopic (exact) mass is 323 g/mol. The lowest BCUT2D eigenvalue weighted by Crippen LogP contribution is -2.42. The summed E-state index contributed by atoms with van der Waals surface area (Å²) in [4.78, 5) is 4.24. The van der Waals surface area contributed by atoms with Crippen molar-refractivity contribution < 1.29 is 14.2 Å². The molecule has 6 heteroatoms. The Bertz CT molecular complexity index is 524. The lowest BCUT2D eigenvalue weighted by atomic mass is 9.89. The molecule has 0 heterocycles. The van der Waals surface area contributed by atoms with Crippen LogP contribution in [0.4, 0.5) is 5.69 Å². The number of nitrogens with zero attached hydrogens (tertiary/aromatic N) is 1. The van der Waals surface area contributed by atoms with Gasteiger partial charge < -0.3 is 24.8 Å². The zero-order valence-corrected chi connectivity index (χ0v) is 15.2. The lowest BCUT2D eigenvalue weighted by Gasteiger charge is -2.30. The first-order valence-electron chi connectivity index (χ1n) is 7.58. The van der Waals surface area contributed by atoms with Gasteiger partial charge in [0, 0.05) is 32.5 Å². The average molecular weight is 323 g/mol. The number of anilines is 1. The van der Waals surface area contributed by atoms with Crippen LogP contribution in [0.2, 0.25) is 0 Å². The molecule has 0 saturated heterocycles. The molecule has 0 fully saturated rings. The highest BCUT2D eigenvalue weighted by Gasteiger charge is 2.24. The van der Waals surface area contributed by atoms with E-state index in [4.69, 9.17) is 14.2 Å². The van der Waals surface area contributed by atoms with Gasteiger partial charge in [0.15, 0.2) is 17.5 Å². The van der Waals surface area contributed by atoms with Crippen LogP contribution in [-0.2, 0) is 4.74 Å². The molecule has 2 N–H and O–H groups in total. The molecule has 0 spiro atoms. The van der Waals surface area contributed by atoms with E-state index < -0.39 is 0 Å². The molecule has 0 amide bonds. The second-order valence-electron chi connectivity index (χ2n) is 6.24. The predicted molar refractivity (Wildman–Crippen MR) is 94.8 cm³/mol. The Morgan fingerprint density at radius 3 is 2.26 bits per heavy atom. The summed E-state index contributed by atoms with van der Waals surface area (Å²) in [5.74, 6) is 2.02. The van der Waals surface area contributed by atoms with Crippen LogP contribution in [0.1, 0.15) is 20.8 Å². The summed E-state index contributed by atoms with van der Waals surface area (Å²) < 4.78 is 16.1. The maximum atomic E-state index is 5.54.